The van der Waals surface area contributed by atoms with Crippen LogP contribution in [0.1, 0.15) is 26.2 Å². The molecule has 2 heterocycles. The maximum atomic E-state index is 9.13. The number of aromatic nitrogens is 3. The number of halogens is 1. The quantitative estimate of drug-likeness (QED) is 0.885. The van der Waals surface area contributed by atoms with Gasteiger partial charge in [0, 0.05) is 19.7 Å². The van der Waals surface area contributed by atoms with E-state index in [1.807, 2.05) is 6.92 Å². The van der Waals surface area contributed by atoms with Gasteiger partial charge in [-0.2, -0.15) is 15.0 Å². The number of ether oxygens (including phenoxy) is 1. The molecule has 1 aromatic heterocycles. The van der Waals surface area contributed by atoms with Crippen molar-refractivity contribution in [2.45, 2.75) is 26.2 Å². The van der Waals surface area contributed by atoms with Gasteiger partial charge in [0.05, 0.1) is 6.61 Å². The predicted octanol–water partition coefficient (Wildman–Crippen LogP) is 1.52. The third-order valence-electron chi connectivity index (χ3n) is 3.17. The van der Waals surface area contributed by atoms with Gasteiger partial charge in [0.2, 0.25) is 11.2 Å². The molecule has 0 unspecified atom stereocenters. The molecule has 0 radical (unpaired) electrons. The molecule has 2 rings (SSSR count). The molecular formula is C12H19ClN4O2. The van der Waals surface area contributed by atoms with Crippen molar-refractivity contribution in [3.8, 4) is 6.01 Å². The zero-order valence-corrected chi connectivity index (χ0v) is 11.8. The van der Waals surface area contributed by atoms with Gasteiger partial charge in [-0.15, -0.1) is 0 Å². The molecule has 0 bridgehead atoms. The lowest BCUT2D eigenvalue weighted by atomic mass is 9.98. The molecule has 1 saturated heterocycles. The van der Waals surface area contributed by atoms with Gasteiger partial charge in [-0.3, -0.25) is 0 Å². The van der Waals surface area contributed by atoms with Gasteiger partial charge in [-0.05, 0) is 36.8 Å². The summed E-state index contributed by atoms with van der Waals surface area (Å²) < 4.78 is 5.40. The van der Waals surface area contributed by atoms with Crippen molar-refractivity contribution in [3.63, 3.8) is 0 Å². The normalized spacial score (nSPS) is 16.7. The molecule has 0 aromatic carbocycles. The Bertz CT molecular complexity index is 411. The van der Waals surface area contributed by atoms with Crippen LogP contribution >= 0.6 is 11.6 Å². The van der Waals surface area contributed by atoms with E-state index >= 15 is 0 Å². The Morgan fingerprint density at radius 2 is 2.05 bits per heavy atom. The molecule has 1 aromatic rings. The number of anilines is 1. The molecule has 1 N–H and O–H groups in total. The highest BCUT2D eigenvalue weighted by atomic mass is 35.5. The Morgan fingerprint density at radius 3 is 2.68 bits per heavy atom. The van der Waals surface area contributed by atoms with Crippen LogP contribution in [0.25, 0.3) is 0 Å². The van der Waals surface area contributed by atoms with E-state index in [0.29, 0.717) is 18.5 Å². The largest absolute Gasteiger partial charge is 0.463 e. The maximum absolute atomic E-state index is 9.13. The molecule has 0 spiro atoms. The second-order valence-electron chi connectivity index (χ2n) is 4.65. The van der Waals surface area contributed by atoms with Gasteiger partial charge in [0.1, 0.15) is 0 Å². The van der Waals surface area contributed by atoms with E-state index in [9.17, 15) is 0 Å². The van der Waals surface area contributed by atoms with Gasteiger partial charge in [0.15, 0.2) is 0 Å². The van der Waals surface area contributed by atoms with Crippen molar-refractivity contribution < 1.29 is 9.84 Å². The highest BCUT2D eigenvalue weighted by Gasteiger charge is 2.21. The minimum absolute atomic E-state index is 0.153. The first-order chi connectivity index (χ1) is 9.22. The fraction of sp³-hybridized carbons (Fsp3) is 0.750. The van der Waals surface area contributed by atoms with Crippen molar-refractivity contribution >= 4 is 17.5 Å². The molecule has 6 nitrogen and oxygen atoms in total. The number of nitrogens with zero attached hydrogens (tertiary/aromatic N) is 4. The predicted molar refractivity (Wildman–Crippen MR) is 72.6 cm³/mol. The monoisotopic (exact) mass is 286 g/mol. The Balaban J connectivity index is 2.05. The molecule has 1 fully saturated rings. The Labute approximate surface area is 117 Å². The molecule has 0 aliphatic carbocycles. The second-order valence-corrected chi connectivity index (χ2v) is 4.99. The first kappa shape index (κ1) is 14.3. The summed E-state index contributed by atoms with van der Waals surface area (Å²) in [5, 5.41) is 9.29. The minimum atomic E-state index is 0.153. The number of piperidine rings is 1. The zero-order valence-electron chi connectivity index (χ0n) is 11.0. The van der Waals surface area contributed by atoms with Crippen molar-refractivity contribution in [2.75, 3.05) is 31.2 Å². The van der Waals surface area contributed by atoms with E-state index in [0.717, 1.165) is 32.4 Å². The zero-order chi connectivity index (χ0) is 13.7. The van der Waals surface area contributed by atoms with Crippen molar-refractivity contribution in [1.82, 2.24) is 15.0 Å². The summed E-state index contributed by atoms with van der Waals surface area (Å²) in [7, 11) is 0. The van der Waals surface area contributed by atoms with Crippen LogP contribution in [0.5, 0.6) is 6.01 Å². The number of aliphatic hydroxyl groups is 1. The average Bonchev–Trinajstić information content (AvgIpc) is 2.44. The summed E-state index contributed by atoms with van der Waals surface area (Å²) in [6, 6.07) is 0.279. The molecule has 19 heavy (non-hydrogen) atoms. The number of hydrogen-bond donors (Lipinski definition) is 1. The van der Waals surface area contributed by atoms with Crippen molar-refractivity contribution in [3.05, 3.63) is 5.28 Å². The minimum Gasteiger partial charge on any atom is -0.463 e. The van der Waals surface area contributed by atoms with Crippen LogP contribution < -0.4 is 9.64 Å². The first-order valence-corrected chi connectivity index (χ1v) is 7.01. The summed E-state index contributed by atoms with van der Waals surface area (Å²) in [5.41, 5.74) is 0. The number of aliphatic hydroxyl groups excluding tert-OH is 1. The van der Waals surface area contributed by atoms with E-state index in [1.54, 1.807) is 0 Å². The van der Waals surface area contributed by atoms with E-state index in [2.05, 4.69) is 19.9 Å². The molecule has 106 valence electrons. The second kappa shape index (κ2) is 6.86. The topological polar surface area (TPSA) is 71.4 Å². The van der Waals surface area contributed by atoms with Crippen LogP contribution in [0.2, 0.25) is 5.28 Å². The van der Waals surface area contributed by atoms with Crippen LogP contribution in [0.3, 0.4) is 0 Å². The van der Waals surface area contributed by atoms with E-state index in [4.69, 9.17) is 21.4 Å². The van der Waals surface area contributed by atoms with Crippen LogP contribution in [-0.2, 0) is 0 Å². The molecule has 1 aliphatic heterocycles. The SMILES string of the molecule is CCCOc1nc(Cl)nc(N2CCC(CO)CC2)n1. The van der Waals surface area contributed by atoms with Gasteiger partial charge in [-0.1, -0.05) is 6.92 Å². The van der Waals surface area contributed by atoms with Crippen LogP contribution in [0.4, 0.5) is 5.95 Å². The molecule has 7 heteroatoms. The molecular weight excluding hydrogens is 268 g/mol. The molecule has 0 atom stereocenters. The summed E-state index contributed by atoms with van der Waals surface area (Å²) in [5.74, 6) is 0.937. The summed E-state index contributed by atoms with van der Waals surface area (Å²) in [6.45, 7) is 4.46. The summed E-state index contributed by atoms with van der Waals surface area (Å²) in [4.78, 5) is 14.4. The van der Waals surface area contributed by atoms with E-state index in [1.165, 1.54) is 0 Å². The third-order valence-corrected chi connectivity index (χ3v) is 3.34. The van der Waals surface area contributed by atoms with Crippen molar-refractivity contribution in [2.24, 2.45) is 5.92 Å². The Kier molecular flexibility index (Phi) is 5.15. The number of hydrogen-bond acceptors (Lipinski definition) is 6. The smallest absolute Gasteiger partial charge is 0.322 e. The highest BCUT2D eigenvalue weighted by molar-refractivity contribution is 6.28. The Hall–Kier alpha value is -1.14. The van der Waals surface area contributed by atoms with Crippen LogP contribution in [0, 0.1) is 5.92 Å². The maximum Gasteiger partial charge on any atom is 0.322 e. The van der Waals surface area contributed by atoms with Crippen molar-refractivity contribution in [1.29, 1.82) is 0 Å². The lowest BCUT2D eigenvalue weighted by Crippen LogP contribution is -2.36. The van der Waals surface area contributed by atoms with Crippen LogP contribution in [-0.4, -0.2) is 46.4 Å². The third kappa shape index (κ3) is 3.91. The van der Waals surface area contributed by atoms with Gasteiger partial charge < -0.3 is 14.7 Å². The molecule has 1 aliphatic rings. The fourth-order valence-electron chi connectivity index (χ4n) is 2.04. The highest BCUT2D eigenvalue weighted by Crippen LogP contribution is 2.22. The lowest BCUT2D eigenvalue weighted by molar-refractivity contribution is 0.202. The molecule has 0 amide bonds. The fourth-order valence-corrected chi connectivity index (χ4v) is 2.18. The lowest BCUT2D eigenvalue weighted by Gasteiger charge is -2.31. The van der Waals surface area contributed by atoms with E-state index < -0.39 is 0 Å². The average molecular weight is 287 g/mol. The van der Waals surface area contributed by atoms with Crippen LogP contribution in [0.15, 0.2) is 0 Å². The van der Waals surface area contributed by atoms with Gasteiger partial charge in [0.25, 0.3) is 0 Å². The van der Waals surface area contributed by atoms with Gasteiger partial charge in [-0.25, -0.2) is 0 Å². The standard InChI is InChI=1S/C12H19ClN4O2/c1-2-7-19-12-15-10(13)14-11(16-12)17-5-3-9(8-18)4-6-17/h9,18H,2-8H2,1H3. The number of rotatable bonds is 5. The Morgan fingerprint density at radius 1 is 1.32 bits per heavy atom. The first-order valence-electron chi connectivity index (χ1n) is 6.63. The van der Waals surface area contributed by atoms with E-state index in [-0.39, 0.29) is 17.9 Å². The summed E-state index contributed by atoms with van der Waals surface area (Å²) in [6.07, 6.45) is 2.76. The van der Waals surface area contributed by atoms with Gasteiger partial charge >= 0.3 is 6.01 Å². The summed E-state index contributed by atoms with van der Waals surface area (Å²) >= 11 is 5.90. The molecule has 0 saturated carbocycles.